The number of hydrogen-bond acceptors (Lipinski definition) is 15. The van der Waals surface area contributed by atoms with E-state index in [4.69, 9.17) is 32.4 Å². The van der Waals surface area contributed by atoms with Crippen LogP contribution in [0.4, 0.5) is 26.7 Å². The van der Waals surface area contributed by atoms with Crippen LogP contribution in [0.2, 0.25) is 0 Å². The first kappa shape index (κ1) is 63.3. The van der Waals surface area contributed by atoms with Gasteiger partial charge in [-0.05, 0) is 136 Å². The number of cyclic esters (lactones) is 1. The van der Waals surface area contributed by atoms with E-state index in [-0.39, 0.29) is 73.9 Å². The van der Waals surface area contributed by atoms with Crippen LogP contribution >= 0.6 is 12.2 Å². The topological polar surface area (TPSA) is 353 Å². The molecule has 9 rings (SSSR count). The molecule has 3 aromatic carbocycles. The molecular formula is C61H70N12O13S2. The smallest absolute Gasteiger partial charge is 0.355 e. The number of urea groups is 2. The SMILES string of the molecule is CCCNC(=O)NC1=CC(S(=O)(=O)Nc2cccc(C(CC(=O)O)NC(=O)Nc3ccc(NC(=S)N[C@@H](CCN)C(=O)N4CCC[C@H]4C(=O)N[C@H](C(=O)O[C@]4(CC)C(=O)OCc5c4cc4n(c5=O)Cc5cc6ccccc6nc5-4)C(C)C)cc3)c2)CC=C1. The summed E-state index contributed by atoms with van der Waals surface area (Å²) in [4.78, 5) is 115. The Morgan fingerprint density at radius 1 is 0.909 bits per heavy atom. The first-order valence-corrected chi connectivity index (χ1v) is 31.0. The second kappa shape index (κ2) is 27.2. The fourth-order valence-electron chi connectivity index (χ4n) is 11.1. The Morgan fingerprint density at radius 3 is 2.38 bits per heavy atom. The van der Waals surface area contributed by atoms with Crippen LogP contribution in [-0.4, -0.2) is 118 Å². The number of fused-ring (bicyclic) bond motifs is 5. The molecule has 4 aliphatic rings. The number of likely N-dealkylation sites (tertiary alicyclic amines) is 1. The highest BCUT2D eigenvalue weighted by molar-refractivity contribution is 7.93. The van der Waals surface area contributed by atoms with Crippen molar-refractivity contribution in [2.24, 2.45) is 11.7 Å². The van der Waals surface area contributed by atoms with Gasteiger partial charge in [-0.25, -0.2) is 32.6 Å². The second-order valence-electron chi connectivity index (χ2n) is 22.1. The number of carbonyl (C=O) groups is 7. The first-order valence-electron chi connectivity index (χ1n) is 29.0. The lowest BCUT2D eigenvalue weighted by atomic mass is 9.85. The van der Waals surface area contributed by atoms with Gasteiger partial charge in [0.2, 0.25) is 27.4 Å². The van der Waals surface area contributed by atoms with E-state index < -0.39 is 105 Å². The number of ether oxygens (including phenoxy) is 2. The molecule has 6 atom stereocenters. The van der Waals surface area contributed by atoms with Crippen molar-refractivity contribution >= 4 is 97.1 Å². The van der Waals surface area contributed by atoms with E-state index in [1.54, 1.807) is 73.9 Å². The fourth-order valence-corrected chi connectivity index (χ4v) is 12.7. The van der Waals surface area contributed by atoms with Gasteiger partial charge in [0, 0.05) is 52.4 Å². The van der Waals surface area contributed by atoms with Gasteiger partial charge in [-0.3, -0.25) is 23.9 Å². The Bertz CT molecular complexity index is 3820. The number of nitrogens with one attached hydrogen (secondary N) is 8. The minimum atomic E-state index is -4.06. The maximum atomic E-state index is 14.4. The molecule has 0 bridgehead atoms. The van der Waals surface area contributed by atoms with Crippen molar-refractivity contribution in [3.8, 4) is 11.4 Å². The summed E-state index contributed by atoms with van der Waals surface area (Å²) in [5.41, 5.74) is 7.94. The average molecular weight is 1240 g/mol. The quantitative estimate of drug-likeness (QED) is 0.0298. The number of allylic oxidation sites excluding steroid dienone is 2. The number of esters is 2. The molecule has 464 valence electrons. The summed E-state index contributed by atoms with van der Waals surface area (Å²) < 4.78 is 42.8. The standard InChI is InChI=1S/C61H70N12O13S2/c1-5-25-63-58(81)65-40-14-10-16-42(29-40)88(83,84)71-41-15-9-13-36(28-41)47(31-50(74)75)68-59(82)64-38-19-21-39(22-20-38)66-60(87)69-46(23-24-62)55(78)72-26-11-18-48(72)53(76)70-51(34(3)4)56(79)86-61(6-2)44-30-49-52-37(27-35-12-7-8-17-45(35)67-52)32-73(49)54(77)43(44)33-85-57(61)80/h7-10,12-15,17,19-22,27-30,34,42,46-48,51,71H,5-6,11,16,18,23-26,31-33,62H2,1-4H3,(H,70,76)(H,74,75)(H2,63,65,81)(H2,64,68,82)(H2,66,69,87)/t42?,46-,47?,48-,51-,61-/m0/s1. The number of aromatic nitrogens is 2. The lowest BCUT2D eigenvalue weighted by Gasteiger charge is -2.37. The average Bonchev–Trinajstić information content (AvgIpc) is 1.39. The predicted molar refractivity (Wildman–Crippen MR) is 332 cm³/mol. The number of carbonyl (C=O) groups excluding carboxylic acids is 6. The molecule has 11 N–H and O–H groups in total. The summed E-state index contributed by atoms with van der Waals surface area (Å²) in [6.07, 6.45) is 5.72. The summed E-state index contributed by atoms with van der Waals surface area (Å²) in [5.74, 6) is -4.71. The molecule has 2 unspecified atom stereocenters. The molecular weight excluding hydrogens is 1170 g/mol. The monoisotopic (exact) mass is 1240 g/mol. The zero-order chi connectivity index (χ0) is 63.0. The molecule has 1 saturated heterocycles. The third-order valence-electron chi connectivity index (χ3n) is 15.6. The number of aliphatic carboxylic acids is 1. The van der Waals surface area contributed by atoms with Crippen LogP contribution in [0.1, 0.15) is 101 Å². The summed E-state index contributed by atoms with van der Waals surface area (Å²) in [5, 5.41) is 29.1. The third-order valence-corrected chi connectivity index (χ3v) is 17.5. The maximum absolute atomic E-state index is 14.4. The number of sulfonamides is 1. The fraction of sp³-hybridized carbons (Fsp3) is 0.377. The summed E-state index contributed by atoms with van der Waals surface area (Å²) in [6, 6.07) is 17.8. The molecule has 1 aliphatic carbocycles. The molecule has 3 aliphatic heterocycles. The highest BCUT2D eigenvalue weighted by atomic mass is 32.2. The molecule has 6 amide bonds. The lowest BCUT2D eigenvalue weighted by molar-refractivity contribution is -0.191. The van der Waals surface area contributed by atoms with E-state index in [1.165, 1.54) is 29.2 Å². The second-order valence-corrected chi connectivity index (χ2v) is 24.4. The van der Waals surface area contributed by atoms with Crippen molar-refractivity contribution in [1.82, 2.24) is 41.0 Å². The molecule has 27 heteroatoms. The van der Waals surface area contributed by atoms with Gasteiger partial charge in [-0.15, -0.1) is 0 Å². The van der Waals surface area contributed by atoms with E-state index in [9.17, 15) is 51.9 Å². The predicted octanol–water partition coefficient (Wildman–Crippen LogP) is 5.47. The minimum Gasteiger partial charge on any atom is -0.481 e. The van der Waals surface area contributed by atoms with Gasteiger partial charge in [-0.2, -0.15) is 0 Å². The molecule has 0 spiro atoms. The Morgan fingerprint density at radius 2 is 1.66 bits per heavy atom. The van der Waals surface area contributed by atoms with Gasteiger partial charge in [0.05, 0.1) is 41.5 Å². The third kappa shape index (κ3) is 14.1. The largest absolute Gasteiger partial charge is 0.481 e. The van der Waals surface area contributed by atoms with Crippen LogP contribution in [0.5, 0.6) is 0 Å². The summed E-state index contributed by atoms with van der Waals surface area (Å²) >= 11 is 5.63. The van der Waals surface area contributed by atoms with Crippen LogP contribution in [0.15, 0.2) is 114 Å². The van der Waals surface area contributed by atoms with E-state index in [0.29, 0.717) is 47.0 Å². The molecule has 25 nitrogen and oxygen atoms in total. The zero-order valence-electron chi connectivity index (χ0n) is 48.8. The van der Waals surface area contributed by atoms with Gasteiger partial charge in [0.15, 0.2) is 5.11 Å². The van der Waals surface area contributed by atoms with Crippen molar-refractivity contribution in [1.29, 1.82) is 0 Å². The zero-order valence-corrected chi connectivity index (χ0v) is 50.5. The highest BCUT2D eigenvalue weighted by Crippen LogP contribution is 2.41. The van der Waals surface area contributed by atoms with E-state index in [1.807, 2.05) is 37.3 Å². The van der Waals surface area contributed by atoms with Crippen molar-refractivity contribution in [2.45, 2.75) is 121 Å². The number of thiocarbonyl (C=S) groups is 1. The van der Waals surface area contributed by atoms with Crippen molar-refractivity contribution < 1.29 is 56.6 Å². The van der Waals surface area contributed by atoms with E-state index in [2.05, 4.69) is 41.9 Å². The van der Waals surface area contributed by atoms with Gasteiger partial charge in [-0.1, -0.05) is 64.1 Å². The summed E-state index contributed by atoms with van der Waals surface area (Å²) in [7, 11) is -4.06. The highest BCUT2D eigenvalue weighted by Gasteiger charge is 2.52. The molecule has 5 aromatic rings. The number of nitrogens with zero attached hydrogens (tertiary/aromatic N) is 3. The van der Waals surface area contributed by atoms with Crippen LogP contribution in [0, 0.1) is 5.92 Å². The summed E-state index contributed by atoms with van der Waals surface area (Å²) in [6.45, 7) is 7.57. The number of para-hydroxylation sites is 1. The first-order chi connectivity index (χ1) is 42.1. The molecule has 2 aromatic heterocycles. The van der Waals surface area contributed by atoms with Gasteiger partial charge in [0.25, 0.3) is 5.56 Å². The Hall–Kier alpha value is -9.21. The number of nitrogens with two attached hydrogens (primary N) is 1. The van der Waals surface area contributed by atoms with Gasteiger partial charge in [0.1, 0.15) is 30.0 Å². The molecule has 1 fully saturated rings. The Balaban J connectivity index is 0.800. The van der Waals surface area contributed by atoms with E-state index >= 15 is 0 Å². The number of hydrogen-bond donors (Lipinski definition) is 10. The van der Waals surface area contributed by atoms with Crippen LogP contribution in [-0.2, 0) is 62.2 Å². The number of carboxylic acid groups (broad SMARTS) is 1. The Labute approximate surface area is 512 Å². The lowest BCUT2D eigenvalue weighted by Crippen LogP contribution is -2.57. The van der Waals surface area contributed by atoms with E-state index in [0.717, 1.165) is 22.9 Å². The molecule has 0 radical (unpaired) electrons. The van der Waals surface area contributed by atoms with Crippen LogP contribution in [0.25, 0.3) is 22.3 Å². The van der Waals surface area contributed by atoms with Crippen molar-refractivity contribution in [2.75, 3.05) is 35.0 Å². The van der Waals surface area contributed by atoms with Crippen molar-refractivity contribution in [3.63, 3.8) is 0 Å². The normalized spacial score (nSPS) is 18.5. The van der Waals surface area contributed by atoms with Gasteiger partial charge < -0.3 is 67.0 Å². The van der Waals surface area contributed by atoms with Crippen molar-refractivity contribution in [3.05, 3.63) is 141 Å². The van der Waals surface area contributed by atoms with Gasteiger partial charge >= 0.3 is 30.0 Å². The number of benzene rings is 3. The molecule has 0 saturated carbocycles. The van der Waals surface area contributed by atoms with Crippen LogP contribution in [0.3, 0.4) is 0 Å². The number of anilines is 3. The molecule has 88 heavy (non-hydrogen) atoms. The molecule has 5 heterocycles. The Kier molecular flexibility index (Phi) is 19.6. The van der Waals surface area contributed by atoms with Crippen LogP contribution < -0.4 is 53.2 Å². The number of rotatable bonds is 22. The number of amides is 6. The number of carboxylic acids is 1. The maximum Gasteiger partial charge on any atom is 0.355 e. The number of pyridine rings is 2. The minimum absolute atomic E-state index is 0.0315.